The molecule has 0 amide bonds. The zero-order chi connectivity index (χ0) is 22.0. The fraction of sp³-hybridized carbons (Fsp3) is 0.429. The quantitative estimate of drug-likeness (QED) is 0.592. The summed E-state index contributed by atoms with van der Waals surface area (Å²) in [4.78, 5) is 19.2. The molecular weight excluding hydrogens is 431 g/mol. The first-order chi connectivity index (χ1) is 14.8. The number of benzene rings is 1. The molecular formula is C21H22F3N3O3S. The van der Waals surface area contributed by atoms with Crippen LogP contribution in [0.5, 0.6) is 5.75 Å². The molecule has 0 saturated heterocycles. The highest BCUT2D eigenvalue weighted by atomic mass is 32.1. The van der Waals surface area contributed by atoms with E-state index in [0.717, 1.165) is 34.5 Å². The number of hydrogen-bond donors (Lipinski definition) is 1. The summed E-state index contributed by atoms with van der Waals surface area (Å²) in [6, 6.07) is 6.15. The van der Waals surface area contributed by atoms with Gasteiger partial charge in [-0.3, -0.25) is 9.36 Å². The van der Waals surface area contributed by atoms with E-state index in [4.69, 9.17) is 4.74 Å². The Kier molecular flexibility index (Phi) is 6.31. The van der Waals surface area contributed by atoms with Gasteiger partial charge in [0.05, 0.1) is 24.9 Å². The number of nitrogens with zero attached hydrogens (tertiary/aromatic N) is 2. The number of rotatable bonds is 7. The minimum atomic E-state index is -4.71. The van der Waals surface area contributed by atoms with Gasteiger partial charge in [-0.15, -0.1) is 24.5 Å². The second-order valence-electron chi connectivity index (χ2n) is 7.44. The van der Waals surface area contributed by atoms with E-state index in [-0.39, 0.29) is 17.4 Å². The second-order valence-corrected chi connectivity index (χ2v) is 8.52. The third kappa shape index (κ3) is 5.08. The van der Waals surface area contributed by atoms with Crippen molar-refractivity contribution in [2.75, 3.05) is 13.7 Å². The van der Waals surface area contributed by atoms with Crippen molar-refractivity contribution in [2.24, 2.45) is 0 Å². The van der Waals surface area contributed by atoms with E-state index in [2.05, 4.69) is 15.0 Å². The molecule has 0 saturated carbocycles. The van der Waals surface area contributed by atoms with Crippen molar-refractivity contribution in [3.63, 3.8) is 0 Å². The van der Waals surface area contributed by atoms with E-state index < -0.39 is 6.36 Å². The molecule has 3 aromatic rings. The van der Waals surface area contributed by atoms with Crippen LogP contribution in [0.15, 0.2) is 35.4 Å². The Labute approximate surface area is 180 Å². The van der Waals surface area contributed by atoms with E-state index >= 15 is 0 Å². The summed E-state index contributed by atoms with van der Waals surface area (Å²) < 4.78 is 47.9. The van der Waals surface area contributed by atoms with Crippen LogP contribution in [-0.2, 0) is 30.7 Å². The van der Waals surface area contributed by atoms with Crippen LogP contribution in [0, 0.1) is 0 Å². The minimum absolute atomic E-state index is 0.0348. The van der Waals surface area contributed by atoms with Gasteiger partial charge in [0.15, 0.2) is 0 Å². The van der Waals surface area contributed by atoms with Crippen molar-refractivity contribution in [1.29, 1.82) is 0 Å². The Morgan fingerprint density at radius 1 is 1.35 bits per heavy atom. The van der Waals surface area contributed by atoms with Crippen molar-refractivity contribution in [1.82, 2.24) is 14.9 Å². The first-order valence-electron chi connectivity index (χ1n) is 9.91. The van der Waals surface area contributed by atoms with Gasteiger partial charge >= 0.3 is 6.36 Å². The molecule has 4 rings (SSSR count). The zero-order valence-corrected chi connectivity index (χ0v) is 17.7. The Balaban J connectivity index is 1.45. The van der Waals surface area contributed by atoms with Crippen molar-refractivity contribution in [3.8, 4) is 5.75 Å². The largest absolute Gasteiger partial charge is 0.573 e. The van der Waals surface area contributed by atoms with Crippen LogP contribution in [0.25, 0.3) is 10.2 Å². The third-order valence-electron chi connectivity index (χ3n) is 5.30. The maximum absolute atomic E-state index is 12.9. The average molecular weight is 453 g/mol. The van der Waals surface area contributed by atoms with Crippen LogP contribution in [0.3, 0.4) is 0 Å². The molecule has 0 bridgehead atoms. The van der Waals surface area contributed by atoms with E-state index in [1.54, 1.807) is 30.1 Å². The minimum Gasteiger partial charge on any atom is -0.406 e. The van der Waals surface area contributed by atoms with Crippen LogP contribution in [0.4, 0.5) is 13.2 Å². The Hall–Kier alpha value is -2.43. The highest BCUT2D eigenvalue weighted by Crippen LogP contribution is 2.33. The van der Waals surface area contributed by atoms with Gasteiger partial charge in [-0.05, 0) is 42.5 Å². The molecule has 1 atom stereocenters. The molecule has 1 aromatic carbocycles. The van der Waals surface area contributed by atoms with Crippen LogP contribution >= 0.6 is 11.3 Å². The smallest absolute Gasteiger partial charge is 0.406 e. The molecule has 2 heterocycles. The van der Waals surface area contributed by atoms with E-state index in [1.165, 1.54) is 23.5 Å². The zero-order valence-electron chi connectivity index (χ0n) is 16.9. The van der Waals surface area contributed by atoms with Gasteiger partial charge in [0.2, 0.25) is 0 Å². The summed E-state index contributed by atoms with van der Waals surface area (Å²) in [5.41, 5.74) is 1.75. The monoisotopic (exact) mass is 453 g/mol. The maximum Gasteiger partial charge on any atom is 0.573 e. The number of aryl methyl sites for hydroxylation is 1. The summed E-state index contributed by atoms with van der Waals surface area (Å²) in [6.07, 6.45) is -0.785. The molecule has 10 heteroatoms. The van der Waals surface area contributed by atoms with Crippen molar-refractivity contribution in [2.45, 2.75) is 44.8 Å². The van der Waals surface area contributed by atoms with Gasteiger partial charge < -0.3 is 14.8 Å². The van der Waals surface area contributed by atoms with Crippen molar-refractivity contribution < 1.29 is 22.6 Å². The standard InChI is InChI=1S/C21H22F3N3O3S/c1-29-8-7-27-12-26-19-18(20(27)28)16-6-5-14(10-17(16)31-19)25-11-13-3-2-4-15(9-13)30-21(22,23)24/h2-4,9,12,14,25H,5-8,10-11H2,1H3/t14-/m1/s1. The highest BCUT2D eigenvalue weighted by Gasteiger charge is 2.31. The lowest BCUT2D eigenvalue weighted by atomic mass is 9.93. The SMILES string of the molecule is COCCn1cnc2sc3c(c2c1=O)CC[C@@H](NCc1cccc(OC(F)(F)F)c1)C3. The number of halogens is 3. The van der Waals surface area contributed by atoms with E-state index in [0.29, 0.717) is 30.6 Å². The first-order valence-corrected chi connectivity index (χ1v) is 10.7. The molecule has 6 nitrogen and oxygen atoms in total. The average Bonchev–Trinajstić information content (AvgIpc) is 3.09. The van der Waals surface area contributed by atoms with Gasteiger partial charge in [-0.1, -0.05) is 12.1 Å². The number of methoxy groups -OCH3 is 1. The first kappa shape index (κ1) is 21.8. The van der Waals surface area contributed by atoms with Gasteiger partial charge in [0, 0.05) is 24.6 Å². The number of alkyl halides is 3. The lowest BCUT2D eigenvalue weighted by molar-refractivity contribution is -0.274. The molecule has 0 unspecified atom stereocenters. The normalized spacial score (nSPS) is 16.5. The molecule has 1 N–H and O–H groups in total. The Morgan fingerprint density at radius 2 is 2.19 bits per heavy atom. The molecule has 0 aliphatic heterocycles. The lowest BCUT2D eigenvalue weighted by Crippen LogP contribution is -2.34. The summed E-state index contributed by atoms with van der Waals surface area (Å²) in [5, 5.41) is 4.12. The Morgan fingerprint density at radius 3 is 2.97 bits per heavy atom. The fourth-order valence-electron chi connectivity index (χ4n) is 3.84. The predicted octanol–water partition coefficient (Wildman–Crippen LogP) is 3.65. The highest BCUT2D eigenvalue weighted by molar-refractivity contribution is 7.18. The predicted molar refractivity (Wildman–Crippen MR) is 112 cm³/mol. The van der Waals surface area contributed by atoms with Crippen molar-refractivity contribution in [3.05, 3.63) is 57.0 Å². The number of fused-ring (bicyclic) bond motifs is 3. The summed E-state index contributed by atoms with van der Waals surface area (Å²) >= 11 is 1.54. The van der Waals surface area contributed by atoms with Crippen LogP contribution < -0.4 is 15.6 Å². The summed E-state index contributed by atoms with van der Waals surface area (Å²) in [5.74, 6) is -0.224. The van der Waals surface area contributed by atoms with Crippen LogP contribution in [0.2, 0.25) is 0 Å². The number of aromatic nitrogens is 2. The van der Waals surface area contributed by atoms with Gasteiger partial charge in [-0.2, -0.15) is 0 Å². The van der Waals surface area contributed by atoms with Gasteiger partial charge in [-0.25, -0.2) is 4.98 Å². The fourth-order valence-corrected chi connectivity index (χ4v) is 5.10. The third-order valence-corrected chi connectivity index (χ3v) is 6.46. The van der Waals surface area contributed by atoms with Gasteiger partial charge in [0.25, 0.3) is 5.56 Å². The molecule has 1 aliphatic carbocycles. The topological polar surface area (TPSA) is 65.4 Å². The molecule has 31 heavy (non-hydrogen) atoms. The van der Waals surface area contributed by atoms with Gasteiger partial charge in [0.1, 0.15) is 10.6 Å². The number of ether oxygens (including phenoxy) is 2. The molecule has 0 fully saturated rings. The molecule has 2 aromatic heterocycles. The number of hydrogen-bond acceptors (Lipinski definition) is 6. The lowest BCUT2D eigenvalue weighted by Gasteiger charge is -2.23. The molecule has 0 radical (unpaired) electrons. The summed E-state index contributed by atoms with van der Waals surface area (Å²) in [7, 11) is 1.59. The van der Waals surface area contributed by atoms with Crippen LogP contribution in [-0.4, -0.2) is 35.7 Å². The van der Waals surface area contributed by atoms with E-state index in [1.807, 2.05) is 0 Å². The van der Waals surface area contributed by atoms with E-state index in [9.17, 15) is 18.0 Å². The number of nitrogens with one attached hydrogen (secondary N) is 1. The Bertz CT molecular complexity index is 1130. The molecule has 0 spiro atoms. The van der Waals surface area contributed by atoms with Crippen molar-refractivity contribution >= 4 is 21.6 Å². The number of thiophene rings is 1. The second kappa shape index (κ2) is 8.97. The van der Waals surface area contributed by atoms with Crippen LogP contribution in [0.1, 0.15) is 22.4 Å². The molecule has 1 aliphatic rings. The molecule has 166 valence electrons. The maximum atomic E-state index is 12.9. The summed E-state index contributed by atoms with van der Waals surface area (Å²) in [6.45, 7) is 1.34.